The highest BCUT2D eigenvalue weighted by Crippen LogP contribution is 2.13. The van der Waals surface area contributed by atoms with E-state index >= 15 is 0 Å². The zero-order chi connectivity index (χ0) is 20.4. The molecule has 1 fully saturated rings. The lowest BCUT2D eigenvalue weighted by molar-refractivity contribution is 0.0525. The molecule has 8 heteroatoms. The minimum absolute atomic E-state index is 0.167. The fourth-order valence-corrected chi connectivity index (χ4v) is 2.58. The predicted octanol–water partition coefficient (Wildman–Crippen LogP) is 1.92. The van der Waals surface area contributed by atoms with Crippen LogP contribution in [0.4, 0.5) is 0 Å². The van der Waals surface area contributed by atoms with E-state index < -0.39 is 0 Å². The third kappa shape index (κ3) is 7.40. The van der Waals surface area contributed by atoms with Crippen molar-refractivity contribution in [2.24, 2.45) is 17.2 Å². The van der Waals surface area contributed by atoms with Crippen molar-refractivity contribution in [2.45, 2.75) is 20.8 Å². The summed E-state index contributed by atoms with van der Waals surface area (Å²) in [7, 11) is 0. The zero-order valence-corrected chi connectivity index (χ0v) is 16.9. The molecule has 0 aliphatic carbocycles. The summed E-state index contributed by atoms with van der Waals surface area (Å²) < 4.78 is 10.1. The lowest BCUT2D eigenvalue weighted by Crippen LogP contribution is -2.37. The Morgan fingerprint density at radius 1 is 1.26 bits per heavy atom. The van der Waals surface area contributed by atoms with Gasteiger partial charge in [-0.15, -0.1) is 0 Å². The number of nitrogens with two attached hydrogens (primary N) is 3. The summed E-state index contributed by atoms with van der Waals surface area (Å²) in [5, 5.41) is 0.167. The van der Waals surface area contributed by atoms with Gasteiger partial charge >= 0.3 is 5.97 Å². The second-order valence-corrected chi connectivity index (χ2v) is 6.37. The molecule has 1 aliphatic rings. The quantitative estimate of drug-likeness (QED) is 0.404. The number of esters is 1. The maximum Gasteiger partial charge on any atom is 0.338 e. The Morgan fingerprint density at radius 3 is 2.41 bits per heavy atom. The molecule has 6 N–H and O–H groups in total. The lowest BCUT2D eigenvalue weighted by atomic mass is 10.0. The average molecular weight is 397 g/mol. The van der Waals surface area contributed by atoms with Crippen LogP contribution in [-0.2, 0) is 9.47 Å². The van der Waals surface area contributed by atoms with Gasteiger partial charge in [0.05, 0.1) is 31.1 Å². The van der Waals surface area contributed by atoms with Gasteiger partial charge in [-0.05, 0) is 44.0 Å². The Balaban J connectivity index is 0.000000271. The second kappa shape index (κ2) is 11.4. The highest BCUT2D eigenvalue weighted by atomic mass is 35.5. The summed E-state index contributed by atoms with van der Waals surface area (Å²) in [5.74, 6) is -0.0146. The largest absolute Gasteiger partial charge is 0.462 e. The summed E-state index contributed by atoms with van der Waals surface area (Å²) in [6.07, 6.45) is 1.56. The van der Waals surface area contributed by atoms with Gasteiger partial charge in [0.15, 0.2) is 0 Å². The summed E-state index contributed by atoms with van der Waals surface area (Å²) in [6, 6.07) is 5.65. The molecule has 7 nitrogen and oxygen atoms in total. The molecule has 0 aromatic heterocycles. The Bertz CT molecular complexity index is 690. The number of carbonyl (C=O) groups is 1. The van der Waals surface area contributed by atoms with Crippen molar-refractivity contribution in [2.75, 3.05) is 32.9 Å². The number of morpholine rings is 1. The highest BCUT2D eigenvalue weighted by Gasteiger charge is 2.14. The van der Waals surface area contributed by atoms with Crippen LogP contribution in [-0.4, -0.2) is 43.8 Å². The number of hydrogen-bond donors (Lipinski definition) is 3. The minimum atomic E-state index is -0.233. The molecule has 0 radical (unpaired) electrons. The van der Waals surface area contributed by atoms with Crippen LogP contribution in [0.1, 0.15) is 28.4 Å². The molecule has 0 spiro atoms. The van der Waals surface area contributed by atoms with Gasteiger partial charge in [0.2, 0.25) is 0 Å². The Labute approximate surface area is 165 Å². The van der Waals surface area contributed by atoms with Crippen LogP contribution < -0.4 is 17.2 Å². The normalized spacial score (nSPS) is 14.1. The molecule has 0 saturated carbocycles. The first-order chi connectivity index (χ1) is 12.8. The smallest absolute Gasteiger partial charge is 0.338 e. The molecule has 27 heavy (non-hydrogen) atoms. The van der Waals surface area contributed by atoms with Gasteiger partial charge < -0.3 is 31.6 Å². The van der Waals surface area contributed by atoms with E-state index in [1.54, 1.807) is 12.1 Å². The first-order valence-electron chi connectivity index (χ1n) is 8.71. The SMILES string of the molecule is CCOC(=O)c1cccc(C)c1C.NC(N)=C(/C=C(\N)Cl)N1CCOCC1. The maximum absolute atomic E-state index is 11.4. The van der Waals surface area contributed by atoms with Crippen molar-refractivity contribution in [1.29, 1.82) is 0 Å². The van der Waals surface area contributed by atoms with Crippen LogP contribution >= 0.6 is 11.6 Å². The molecule has 0 unspecified atom stereocenters. The van der Waals surface area contributed by atoms with E-state index in [0.717, 1.165) is 24.2 Å². The molecule has 1 heterocycles. The number of carbonyl (C=O) groups excluding carboxylic acids is 1. The van der Waals surface area contributed by atoms with E-state index in [1.807, 2.05) is 37.8 Å². The molecule has 0 bridgehead atoms. The Morgan fingerprint density at radius 2 is 1.89 bits per heavy atom. The van der Waals surface area contributed by atoms with Crippen LogP contribution in [0, 0.1) is 13.8 Å². The van der Waals surface area contributed by atoms with Crippen LogP contribution in [0.25, 0.3) is 0 Å². The van der Waals surface area contributed by atoms with Crippen LogP contribution in [0.5, 0.6) is 0 Å². The van der Waals surface area contributed by atoms with E-state index in [9.17, 15) is 4.79 Å². The van der Waals surface area contributed by atoms with Crippen molar-refractivity contribution in [3.05, 3.63) is 57.6 Å². The van der Waals surface area contributed by atoms with Gasteiger partial charge in [-0.25, -0.2) is 4.79 Å². The summed E-state index contributed by atoms with van der Waals surface area (Å²) in [4.78, 5) is 13.4. The lowest BCUT2D eigenvalue weighted by Gasteiger charge is -2.30. The highest BCUT2D eigenvalue weighted by molar-refractivity contribution is 6.29. The van der Waals surface area contributed by atoms with Crippen molar-refractivity contribution < 1.29 is 14.3 Å². The van der Waals surface area contributed by atoms with Crippen molar-refractivity contribution >= 4 is 17.6 Å². The Hall–Kier alpha value is -2.38. The van der Waals surface area contributed by atoms with Gasteiger partial charge in [0.25, 0.3) is 0 Å². The number of rotatable bonds is 4. The van der Waals surface area contributed by atoms with E-state index in [2.05, 4.69) is 0 Å². The molecule has 1 saturated heterocycles. The molecule has 0 amide bonds. The van der Waals surface area contributed by atoms with E-state index in [1.165, 1.54) is 0 Å². The third-order valence-electron chi connectivity index (χ3n) is 4.02. The number of benzene rings is 1. The molecule has 1 aliphatic heterocycles. The van der Waals surface area contributed by atoms with E-state index in [0.29, 0.717) is 31.1 Å². The molecular weight excluding hydrogens is 368 g/mol. The molecule has 0 atom stereocenters. The number of hydrogen-bond acceptors (Lipinski definition) is 7. The van der Waals surface area contributed by atoms with Crippen molar-refractivity contribution in [1.82, 2.24) is 4.90 Å². The molecular formula is C19H29ClN4O3. The Kier molecular flexibility index (Phi) is 9.53. The fourth-order valence-electron chi connectivity index (χ4n) is 2.47. The third-order valence-corrected chi connectivity index (χ3v) is 4.13. The molecule has 2 rings (SSSR count). The van der Waals surface area contributed by atoms with Gasteiger partial charge in [0.1, 0.15) is 11.0 Å². The number of aryl methyl sites for hydroxylation is 1. The molecule has 1 aromatic carbocycles. The number of allylic oxidation sites excluding steroid dienone is 1. The number of nitrogens with zero attached hydrogens (tertiary/aromatic N) is 1. The first-order valence-corrected chi connectivity index (χ1v) is 9.09. The topological polar surface area (TPSA) is 117 Å². The second-order valence-electron chi connectivity index (χ2n) is 5.94. The van der Waals surface area contributed by atoms with Gasteiger partial charge in [-0.2, -0.15) is 0 Å². The number of halogens is 1. The van der Waals surface area contributed by atoms with E-state index in [-0.39, 0.29) is 16.9 Å². The summed E-state index contributed by atoms with van der Waals surface area (Å²) in [5.41, 5.74) is 19.9. The van der Waals surface area contributed by atoms with Gasteiger partial charge in [-0.3, -0.25) is 0 Å². The predicted molar refractivity (Wildman–Crippen MR) is 108 cm³/mol. The average Bonchev–Trinajstić information content (AvgIpc) is 2.63. The van der Waals surface area contributed by atoms with Gasteiger partial charge in [-0.1, -0.05) is 23.7 Å². The standard InChI is InChI=1S/C11H14O2.C8H15ClN4O/c1-4-13-11(12)10-7-5-6-8(2)9(10)3;9-7(10)5-6(8(11)12)13-1-3-14-4-2-13/h5-7H,4H2,1-3H3;5H,1-4,10-12H2/b;7-5-. The fraction of sp³-hybridized carbons (Fsp3) is 0.421. The molecule has 1 aromatic rings. The monoisotopic (exact) mass is 396 g/mol. The minimum Gasteiger partial charge on any atom is -0.462 e. The van der Waals surface area contributed by atoms with Crippen molar-refractivity contribution in [3.63, 3.8) is 0 Å². The van der Waals surface area contributed by atoms with E-state index in [4.69, 9.17) is 38.3 Å². The first kappa shape index (κ1) is 22.7. The van der Waals surface area contributed by atoms with Crippen molar-refractivity contribution in [3.8, 4) is 0 Å². The van der Waals surface area contributed by atoms with Crippen LogP contribution in [0.15, 0.2) is 40.9 Å². The number of ether oxygens (including phenoxy) is 2. The van der Waals surface area contributed by atoms with Crippen LogP contribution in [0.2, 0.25) is 0 Å². The zero-order valence-electron chi connectivity index (χ0n) is 16.1. The molecule has 150 valence electrons. The summed E-state index contributed by atoms with van der Waals surface area (Å²) >= 11 is 5.57. The van der Waals surface area contributed by atoms with Gasteiger partial charge in [0, 0.05) is 13.1 Å². The maximum atomic E-state index is 11.4. The van der Waals surface area contributed by atoms with Crippen LogP contribution in [0.3, 0.4) is 0 Å². The summed E-state index contributed by atoms with van der Waals surface area (Å²) in [6.45, 7) is 8.95.